The summed E-state index contributed by atoms with van der Waals surface area (Å²) in [5, 5.41) is 17.9. The van der Waals surface area contributed by atoms with Crippen molar-refractivity contribution < 1.29 is 9.90 Å². The molecular weight excluding hydrogens is 338 g/mol. The molecule has 1 atom stereocenters. The zero-order valence-corrected chi connectivity index (χ0v) is 13.2. The number of aromatic nitrogens is 2. The van der Waals surface area contributed by atoms with E-state index in [0.29, 0.717) is 37.2 Å². The van der Waals surface area contributed by atoms with Gasteiger partial charge in [-0.25, -0.2) is 14.8 Å². The number of amides is 1. The number of hydrogen-bond donors (Lipinski definition) is 1. The van der Waals surface area contributed by atoms with Gasteiger partial charge in [-0.05, 0) is 15.9 Å². The number of anilines is 1. The lowest BCUT2D eigenvalue weighted by Gasteiger charge is -2.35. The van der Waals surface area contributed by atoms with Crippen LogP contribution in [0.2, 0.25) is 0 Å². The van der Waals surface area contributed by atoms with Crippen LogP contribution in [0.3, 0.4) is 0 Å². The highest BCUT2D eigenvalue weighted by Gasteiger charge is 2.25. The van der Waals surface area contributed by atoms with Gasteiger partial charge in [0.1, 0.15) is 16.7 Å². The first-order valence-corrected chi connectivity index (χ1v) is 7.44. The summed E-state index contributed by atoms with van der Waals surface area (Å²) in [5.74, 6) is 0.794. The summed E-state index contributed by atoms with van der Waals surface area (Å²) in [6, 6.07) is 2.16. The Bertz CT molecular complexity index is 566. The van der Waals surface area contributed by atoms with E-state index in [1.54, 1.807) is 0 Å². The first kappa shape index (κ1) is 15.5. The smallest absolute Gasteiger partial charge is 0.407 e. The SMILES string of the molecule is CC(CC#N)c1c(Br)ncnc1N1CCN(C(=O)O)CC1. The van der Waals surface area contributed by atoms with E-state index in [0.717, 1.165) is 11.4 Å². The Morgan fingerprint density at radius 3 is 2.71 bits per heavy atom. The minimum Gasteiger partial charge on any atom is -0.465 e. The van der Waals surface area contributed by atoms with E-state index in [1.165, 1.54) is 11.2 Å². The molecule has 8 heteroatoms. The monoisotopic (exact) mass is 353 g/mol. The molecule has 112 valence electrons. The molecule has 2 rings (SSSR count). The van der Waals surface area contributed by atoms with Gasteiger partial charge < -0.3 is 14.9 Å². The van der Waals surface area contributed by atoms with Crippen molar-refractivity contribution >= 4 is 27.8 Å². The molecule has 1 aliphatic rings. The van der Waals surface area contributed by atoms with Crippen molar-refractivity contribution in [3.8, 4) is 6.07 Å². The molecule has 2 heterocycles. The highest BCUT2D eigenvalue weighted by Crippen LogP contribution is 2.33. The summed E-state index contributed by atoms with van der Waals surface area (Å²) in [6.45, 7) is 4.03. The molecular formula is C13H16BrN5O2. The second kappa shape index (κ2) is 6.72. The predicted molar refractivity (Wildman–Crippen MR) is 80.2 cm³/mol. The molecule has 1 unspecified atom stereocenters. The molecule has 7 nitrogen and oxygen atoms in total. The van der Waals surface area contributed by atoms with Gasteiger partial charge in [-0.3, -0.25) is 0 Å². The number of nitriles is 1. The van der Waals surface area contributed by atoms with Crippen LogP contribution in [0.4, 0.5) is 10.6 Å². The number of carboxylic acid groups (broad SMARTS) is 1. The van der Waals surface area contributed by atoms with E-state index in [4.69, 9.17) is 10.4 Å². The van der Waals surface area contributed by atoms with Crippen LogP contribution < -0.4 is 4.90 Å². The first-order valence-electron chi connectivity index (χ1n) is 6.64. The topological polar surface area (TPSA) is 93.4 Å². The standard InChI is InChI=1S/C13H16BrN5O2/c1-9(2-3-15)10-11(14)16-8-17-12(10)18-4-6-19(7-5-18)13(20)21/h8-9H,2,4-7H2,1H3,(H,20,21). The third-order valence-electron chi connectivity index (χ3n) is 3.55. The normalized spacial score (nSPS) is 16.4. The highest BCUT2D eigenvalue weighted by atomic mass is 79.9. The molecule has 0 aromatic carbocycles. The van der Waals surface area contributed by atoms with Crippen LogP contribution in [0, 0.1) is 11.3 Å². The van der Waals surface area contributed by atoms with Crippen LogP contribution in [0.1, 0.15) is 24.8 Å². The molecule has 0 radical (unpaired) electrons. The van der Waals surface area contributed by atoms with Gasteiger partial charge in [-0.1, -0.05) is 6.92 Å². The molecule has 1 N–H and O–H groups in total. The number of halogens is 1. The first-order chi connectivity index (χ1) is 10.0. The van der Waals surface area contributed by atoms with Crippen LogP contribution in [0.15, 0.2) is 10.9 Å². The largest absolute Gasteiger partial charge is 0.465 e. The summed E-state index contributed by atoms with van der Waals surface area (Å²) >= 11 is 3.43. The predicted octanol–water partition coefficient (Wildman–Crippen LogP) is 2.06. The van der Waals surface area contributed by atoms with E-state index < -0.39 is 6.09 Å². The molecule has 1 amide bonds. The second-order valence-electron chi connectivity index (χ2n) is 4.92. The van der Waals surface area contributed by atoms with Crippen LogP contribution in [0.5, 0.6) is 0 Å². The Labute approximate surface area is 131 Å². The van der Waals surface area contributed by atoms with Gasteiger partial charge in [-0.2, -0.15) is 5.26 Å². The van der Waals surface area contributed by atoms with Crippen molar-refractivity contribution in [2.75, 3.05) is 31.1 Å². The Kier molecular flexibility index (Phi) is 4.96. The minimum absolute atomic E-state index is 0.0121. The van der Waals surface area contributed by atoms with Crippen molar-refractivity contribution in [1.82, 2.24) is 14.9 Å². The van der Waals surface area contributed by atoms with Crippen molar-refractivity contribution in [2.45, 2.75) is 19.3 Å². The van der Waals surface area contributed by atoms with Crippen LogP contribution in [0.25, 0.3) is 0 Å². The third kappa shape index (κ3) is 3.42. The van der Waals surface area contributed by atoms with Gasteiger partial charge in [0.25, 0.3) is 0 Å². The summed E-state index contributed by atoms with van der Waals surface area (Å²) in [7, 11) is 0. The van der Waals surface area contributed by atoms with E-state index in [-0.39, 0.29) is 5.92 Å². The van der Waals surface area contributed by atoms with E-state index in [2.05, 4.69) is 36.9 Å². The zero-order chi connectivity index (χ0) is 15.4. The Balaban J connectivity index is 2.23. The molecule has 0 bridgehead atoms. The van der Waals surface area contributed by atoms with Crippen molar-refractivity contribution in [2.24, 2.45) is 0 Å². The van der Waals surface area contributed by atoms with Gasteiger partial charge in [0.05, 0.1) is 6.07 Å². The maximum atomic E-state index is 11.0. The van der Waals surface area contributed by atoms with Crippen LogP contribution in [-0.4, -0.2) is 52.2 Å². The maximum Gasteiger partial charge on any atom is 0.407 e. The zero-order valence-electron chi connectivity index (χ0n) is 11.7. The molecule has 1 saturated heterocycles. The molecule has 1 aromatic heterocycles. The lowest BCUT2D eigenvalue weighted by Crippen LogP contribution is -2.48. The Morgan fingerprint density at radius 1 is 1.48 bits per heavy atom. The molecule has 1 aromatic rings. The maximum absolute atomic E-state index is 11.0. The van der Waals surface area contributed by atoms with E-state index in [9.17, 15) is 4.79 Å². The number of piperazine rings is 1. The Hall–Kier alpha value is -1.88. The van der Waals surface area contributed by atoms with Gasteiger partial charge in [0.15, 0.2) is 0 Å². The molecule has 0 spiro atoms. The Morgan fingerprint density at radius 2 is 2.14 bits per heavy atom. The molecule has 0 aliphatic carbocycles. The summed E-state index contributed by atoms with van der Waals surface area (Å²) in [4.78, 5) is 22.9. The van der Waals surface area contributed by atoms with Crippen molar-refractivity contribution in [3.63, 3.8) is 0 Å². The lowest BCUT2D eigenvalue weighted by atomic mass is 10.00. The van der Waals surface area contributed by atoms with Gasteiger partial charge in [0, 0.05) is 44.1 Å². The average molecular weight is 354 g/mol. The van der Waals surface area contributed by atoms with Crippen LogP contribution in [-0.2, 0) is 0 Å². The lowest BCUT2D eigenvalue weighted by molar-refractivity contribution is 0.142. The van der Waals surface area contributed by atoms with Crippen LogP contribution >= 0.6 is 15.9 Å². The quantitative estimate of drug-likeness (QED) is 0.835. The minimum atomic E-state index is -0.892. The average Bonchev–Trinajstić information content (AvgIpc) is 2.47. The van der Waals surface area contributed by atoms with Gasteiger partial charge >= 0.3 is 6.09 Å². The van der Waals surface area contributed by atoms with E-state index in [1.807, 2.05) is 6.92 Å². The number of rotatable bonds is 3. The number of nitrogens with zero attached hydrogens (tertiary/aromatic N) is 5. The molecule has 1 aliphatic heterocycles. The van der Waals surface area contributed by atoms with Gasteiger partial charge in [0.2, 0.25) is 0 Å². The van der Waals surface area contributed by atoms with Crippen molar-refractivity contribution in [1.29, 1.82) is 5.26 Å². The van der Waals surface area contributed by atoms with Crippen molar-refractivity contribution in [3.05, 3.63) is 16.5 Å². The second-order valence-corrected chi connectivity index (χ2v) is 5.67. The fourth-order valence-electron chi connectivity index (χ4n) is 2.39. The fraction of sp³-hybridized carbons (Fsp3) is 0.538. The molecule has 1 fully saturated rings. The molecule has 0 saturated carbocycles. The van der Waals surface area contributed by atoms with Gasteiger partial charge in [-0.15, -0.1) is 0 Å². The number of carbonyl (C=O) groups is 1. The fourth-order valence-corrected chi connectivity index (χ4v) is 3.05. The molecule has 21 heavy (non-hydrogen) atoms. The summed E-state index contributed by atoms with van der Waals surface area (Å²) in [6.07, 6.45) is 0.969. The summed E-state index contributed by atoms with van der Waals surface area (Å²) in [5.41, 5.74) is 0.905. The summed E-state index contributed by atoms with van der Waals surface area (Å²) < 4.78 is 0.691. The van der Waals surface area contributed by atoms with E-state index >= 15 is 0 Å². The highest BCUT2D eigenvalue weighted by molar-refractivity contribution is 9.10. The number of hydrogen-bond acceptors (Lipinski definition) is 5. The third-order valence-corrected chi connectivity index (χ3v) is 4.19.